The molecule has 0 radical (unpaired) electrons. The fourth-order valence-corrected chi connectivity index (χ4v) is 11.1. The van der Waals surface area contributed by atoms with Crippen LogP contribution in [0.25, 0.3) is 5.69 Å². The highest BCUT2D eigenvalue weighted by Crippen LogP contribution is 2.60. The van der Waals surface area contributed by atoms with Gasteiger partial charge in [-0.2, -0.15) is 0 Å². The van der Waals surface area contributed by atoms with Crippen molar-refractivity contribution in [2.24, 2.45) is 23.2 Å². The summed E-state index contributed by atoms with van der Waals surface area (Å²) in [6.45, 7) is 10.6. The van der Waals surface area contributed by atoms with E-state index in [1.165, 1.54) is 28.6 Å². The molecule has 10 nitrogen and oxygen atoms in total. The molecular formula is C46H67N5O5+2. The molecule has 1 aliphatic heterocycles. The maximum atomic E-state index is 14.6. The van der Waals surface area contributed by atoms with E-state index in [-0.39, 0.29) is 22.8 Å². The van der Waals surface area contributed by atoms with Gasteiger partial charge in [0.25, 0.3) is 0 Å². The van der Waals surface area contributed by atoms with Gasteiger partial charge in [-0.1, -0.05) is 44.4 Å². The maximum absolute atomic E-state index is 14.6. The quantitative estimate of drug-likeness (QED) is 0.125. The van der Waals surface area contributed by atoms with Crippen molar-refractivity contribution in [1.82, 2.24) is 13.9 Å². The molecule has 2 N–H and O–H groups in total. The molecular weight excluding hydrogens is 703 g/mol. The van der Waals surface area contributed by atoms with E-state index in [1.807, 2.05) is 38.4 Å². The van der Waals surface area contributed by atoms with E-state index in [0.717, 1.165) is 78.4 Å². The van der Waals surface area contributed by atoms with E-state index in [4.69, 9.17) is 4.74 Å². The van der Waals surface area contributed by atoms with E-state index in [9.17, 15) is 19.8 Å². The summed E-state index contributed by atoms with van der Waals surface area (Å²) >= 11 is 0. The summed E-state index contributed by atoms with van der Waals surface area (Å²) < 4.78 is 13.3. The Morgan fingerprint density at radius 2 is 1.82 bits per heavy atom. The summed E-state index contributed by atoms with van der Waals surface area (Å²) in [7, 11) is 8.20. The van der Waals surface area contributed by atoms with Crippen LogP contribution < -0.4 is 20.7 Å². The minimum atomic E-state index is -0.628. The van der Waals surface area contributed by atoms with Crippen molar-refractivity contribution in [1.29, 1.82) is 0 Å². The molecule has 56 heavy (non-hydrogen) atoms. The Morgan fingerprint density at radius 1 is 1.07 bits per heavy atom. The second-order valence-electron chi connectivity index (χ2n) is 19.6. The van der Waals surface area contributed by atoms with Crippen molar-refractivity contribution in [2.45, 2.75) is 136 Å². The number of methoxy groups -OCH3 is 1. The highest BCUT2D eigenvalue weighted by molar-refractivity contribution is 5.37. The Kier molecular flexibility index (Phi) is 11.2. The van der Waals surface area contributed by atoms with E-state index >= 15 is 0 Å². The van der Waals surface area contributed by atoms with Crippen molar-refractivity contribution >= 4 is 0 Å². The van der Waals surface area contributed by atoms with Gasteiger partial charge in [-0.05, 0) is 118 Å². The SMILES string of the molecule is COc1cc(C[n+]2ccc(-n3c(=O)n4n(c3=O)[C@@H](/C=C3\CCC[C@]5(C)[C@@H]([C@H](C)CCCC(C)(C)O)CC[C@@H]35)C3=C(CC[C@H](O)C3)C4)cc2)ccc1C[N+](C)(C)C. The summed E-state index contributed by atoms with van der Waals surface area (Å²) in [4.78, 5) is 28.8. The van der Waals surface area contributed by atoms with Gasteiger partial charge in [-0.3, -0.25) is 0 Å². The van der Waals surface area contributed by atoms with Gasteiger partial charge in [-0.15, -0.1) is 0 Å². The predicted molar refractivity (Wildman–Crippen MR) is 220 cm³/mol. The highest BCUT2D eigenvalue weighted by Gasteiger charge is 2.51. The topological polar surface area (TPSA) is 102 Å². The molecule has 6 atom stereocenters. The fraction of sp³-hybridized carbons (Fsp3) is 0.630. The molecule has 7 rings (SSSR count). The third-order valence-electron chi connectivity index (χ3n) is 13.7. The fourth-order valence-electron chi connectivity index (χ4n) is 11.1. The van der Waals surface area contributed by atoms with Crippen LogP contribution in [0.5, 0.6) is 5.75 Å². The number of quaternary nitrogens is 1. The Balaban J connectivity index is 1.18. The number of allylic oxidation sites excluding steroid dienone is 3. The molecule has 3 heterocycles. The number of aromatic nitrogens is 4. The number of ether oxygens (including phenoxy) is 1. The minimum Gasteiger partial charge on any atom is -0.496 e. The molecule has 4 aliphatic rings. The average Bonchev–Trinajstić information content (AvgIpc) is 3.61. The second kappa shape index (κ2) is 15.6. The molecule has 1 aromatic carbocycles. The van der Waals surface area contributed by atoms with E-state index in [0.29, 0.717) is 49.4 Å². The maximum Gasteiger partial charge on any atom is 0.352 e. The number of nitrogens with zero attached hydrogens (tertiary/aromatic N) is 5. The highest BCUT2D eigenvalue weighted by atomic mass is 16.5. The zero-order valence-corrected chi connectivity index (χ0v) is 35.3. The first-order chi connectivity index (χ1) is 26.5. The molecule has 304 valence electrons. The number of aliphatic hydroxyl groups excluding tert-OH is 1. The van der Waals surface area contributed by atoms with Crippen LogP contribution in [0.1, 0.15) is 115 Å². The molecule has 2 fully saturated rings. The number of hydrogen-bond donors (Lipinski definition) is 2. The average molecular weight is 770 g/mol. The van der Waals surface area contributed by atoms with Gasteiger partial charge in [0.15, 0.2) is 18.9 Å². The lowest BCUT2D eigenvalue weighted by Crippen LogP contribution is -2.39. The van der Waals surface area contributed by atoms with Gasteiger partial charge in [0.05, 0.1) is 58.2 Å². The van der Waals surface area contributed by atoms with Gasteiger partial charge in [-0.25, -0.2) is 28.1 Å². The van der Waals surface area contributed by atoms with Crippen LogP contribution in [0.2, 0.25) is 0 Å². The van der Waals surface area contributed by atoms with Crippen molar-refractivity contribution in [3.63, 3.8) is 0 Å². The lowest BCUT2D eigenvalue weighted by atomic mass is 9.60. The van der Waals surface area contributed by atoms with Crippen molar-refractivity contribution in [2.75, 3.05) is 28.3 Å². The summed E-state index contributed by atoms with van der Waals surface area (Å²) in [6.07, 6.45) is 16.4. The molecule has 0 unspecified atom stereocenters. The Labute approximate surface area is 333 Å². The molecule has 0 spiro atoms. The summed E-state index contributed by atoms with van der Waals surface area (Å²) in [6, 6.07) is 9.69. The molecule has 0 amide bonds. The van der Waals surface area contributed by atoms with Crippen LogP contribution in [-0.4, -0.2) is 68.6 Å². The standard InChI is InChI=1S/C46H67N5O5/c1-31(11-9-21-45(2,3)55)39-17-18-40-33(12-10-22-46(39,40)4)26-41-38-27-37(52)16-15-34(38)29-48-43(53)49(44(54)50(41)48)36-19-23-47(24-20-36)28-32-13-14-35(30-51(5,6)7)42(25-32)56-8/h13-14,19-20,23-26,31,37,39-41,52,55H,9-12,15-18,21-22,27-30H2,1-8H3/q+2/b33-26+/t31-,37+,39-,40+,41+,46-/m1/s1. The third kappa shape index (κ3) is 8.16. The number of benzene rings is 1. The smallest absolute Gasteiger partial charge is 0.352 e. The van der Waals surface area contributed by atoms with E-state index < -0.39 is 11.7 Å². The van der Waals surface area contributed by atoms with E-state index in [2.05, 4.69) is 63.8 Å². The van der Waals surface area contributed by atoms with Gasteiger partial charge >= 0.3 is 11.4 Å². The lowest BCUT2D eigenvalue weighted by molar-refractivity contribution is -0.884. The summed E-state index contributed by atoms with van der Waals surface area (Å²) in [5.74, 6) is 2.51. The molecule has 2 saturated carbocycles. The van der Waals surface area contributed by atoms with Gasteiger partial charge in [0, 0.05) is 23.3 Å². The number of pyridine rings is 1. The van der Waals surface area contributed by atoms with Crippen molar-refractivity contribution < 1.29 is 24.0 Å². The Bertz CT molecular complexity index is 2090. The number of hydrogen-bond acceptors (Lipinski definition) is 5. The minimum absolute atomic E-state index is 0.186. The molecule has 3 aliphatic carbocycles. The normalized spacial score (nSPS) is 26.6. The first-order valence-corrected chi connectivity index (χ1v) is 21.2. The van der Waals surface area contributed by atoms with Crippen LogP contribution in [0.3, 0.4) is 0 Å². The van der Waals surface area contributed by atoms with Crippen LogP contribution in [0, 0.1) is 23.2 Å². The molecule has 3 aromatic rings. The van der Waals surface area contributed by atoms with Gasteiger partial charge in [0.2, 0.25) is 0 Å². The molecule has 0 bridgehead atoms. The molecule has 10 heteroatoms. The second-order valence-corrected chi connectivity index (χ2v) is 19.6. The first-order valence-electron chi connectivity index (χ1n) is 21.2. The van der Waals surface area contributed by atoms with Crippen LogP contribution in [0.15, 0.2) is 75.1 Å². The summed E-state index contributed by atoms with van der Waals surface area (Å²) in [5, 5.41) is 21.2. The van der Waals surface area contributed by atoms with Crippen LogP contribution in [-0.2, 0) is 19.6 Å². The first kappa shape index (κ1) is 40.5. The summed E-state index contributed by atoms with van der Waals surface area (Å²) in [5.41, 5.74) is 5.45. The van der Waals surface area contributed by atoms with Crippen LogP contribution >= 0.6 is 0 Å². The zero-order valence-electron chi connectivity index (χ0n) is 35.3. The van der Waals surface area contributed by atoms with Gasteiger partial charge < -0.3 is 19.4 Å². The lowest BCUT2D eigenvalue weighted by Gasteiger charge is -2.45. The largest absolute Gasteiger partial charge is 0.496 e. The third-order valence-corrected chi connectivity index (χ3v) is 13.7. The van der Waals surface area contributed by atoms with Crippen molar-refractivity contribution in [3.8, 4) is 11.4 Å². The molecule has 0 saturated heterocycles. The number of rotatable bonds is 12. The number of fused-ring (bicyclic) bond motifs is 2. The van der Waals surface area contributed by atoms with E-state index in [1.54, 1.807) is 16.5 Å². The molecule has 2 aromatic heterocycles. The number of aliphatic hydroxyl groups is 2. The Hall–Kier alpha value is -3.73. The Morgan fingerprint density at radius 3 is 2.52 bits per heavy atom. The van der Waals surface area contributed by atoms with Crippen LogP contribution in [0.4, 0.5) is 0 Å². The van der Waals surface area contributed by atoms with Gasteiger partial charge in [0.1, 0.15) is 12.3 Å². The van der Waals surface area contributed by atoms with Crippen molar-refractivity contribution in [3.05, 3.63) is 97.6 Å². The monoisotopic (exact) mass is 770 g/mol. The zero-order chi connectivity index (χ0) is 40.2. The predicted octanol–water partition coefficient (Wildman–Crippen LogP) is 6.47.